The minimum absolute atomic E-state index is 0.0532. The van der Waals surface area contributed by atoms with Crippen LogP contribution in [-0.4, -0.2) is 4.92 Å². The van der Waals surface area contributed by atoms with E-state index in [9.17, 15) is 10.1 Å². The zero-order valence-electron chi connectivity index (χ0n) is 11.5. The van der Waals surface area contributed by atoms with E-state index in [1.54, 1.807) is 19.1 Å². The maximum Gasteiger partial charge on any atom is 0.276 e. The summed E-state index contributed by atoms with van der Waals surface area (Å²) in [6.45, 7) is 3.82. The molecule has 0 aromatic heterocycles. The van der Waals surface area contributed by atoms with Gasteiger partial charge in [-0.3, -0.25) is 10.1 Å². The maximum absolute atomic E-state index is 11.0. The molecule has 0 fully saturated rings. The average molecular weight is 371 g/mol. The van der Waals surface area contributed by atoms with Gasteiger partial charge in [-0.15, -0.1) is 0 Å². The molecule has 2 aromatic rings. The molecule has 0 radical (unpaired) electrons. The molecule has 0 atom stereocenters. The predicted molar refractivity (Wildman–Crippen MR) is 86.1 cm³/mol. The summed E-state index contributed by atoms with van der Waals surface area (Å²) in [7, 11) is 0. The molecule has 2 rings (SSSR count). The van der Waals surface area contributed by atoms with Crippen molar-refractivity contribution in [3.8, 4) is 5.75 Å². The molecule has 0 amide bonds. The molecule has 0 saturated heterocycles. The molecule has 0 spiro atoms. The summed E-state index contributed by atoms with van der Waals surface area (Å²) in [5, 5.41) is 11.6. The molecule has 4 nitrogen and oxygen atoms in total. The van der Waals surface area contributed by atoms with E-state index in [0.717, 1.165) is 15.6 Å². The summed E-state index contributed by atoms with van der Waals surface area (Å²) in [6, 6.07) is 8.71. The summed E-state index contributed by atoms with van der Waals surface area (Å²) in [4.78, 5) is 10.6. The first kappa shape index (κ1) is 15.8. The van der Waals surface area contributed by atoms with Gasteiger partial charge < -0.3 is 4.74 Å². The Labute approximate surface area is 136 Å². The van der Waals surface area contributed by atoms with E-state index in [0.29, 0.717) is 16.3 Å². The molecule has 0 bridgehead atoms. The number of nitro groups is 1. The Balaban J connectivity index is 2.23. The fourth-order valence-electron chi connectivity index (χ4n) is 1.97. The van der Waals surface area contributed by atoms with Gasteiger partial charge in [0.2, 0.25) is 0 Å². The Morgan fingerprint density at radius 1 is 1.24 bits per heavy atom. The first-order valence-electron chi connectivity index (χ1n) is 6.21. The van der Waals surface area contributed by atoms with E-state index in [1.165, 1.54) is 6.07 Å². The second kappa shape index (κ2) is 6.45. The molecule has 110 valence electrons. The van der Waals surface area contributed by atoms with Crippen LogP contribution in [0.25, 0.3) is 0 Å². The van der Waals surface area contributed by atoms with E-state index in [1.807, 2.05) is 19.1 Å². The Bertz CT molecular complexity index is 704. The molecule has 0 aliphatic carbocycles. The highest BCUT2D eigenvalue weighted by atomic mass is 79.9. The third-order valence-corrected chi connectivity index (χ3v) is 3.93. The fraction of sp³-hybridized carbons (Fsp3) is 0.200. The second-order valence-electron chi connectivity index (χ2n) is 4.69. The van der Waals surface area contributed by atoms with Gasteiger partial charge in [0.05, 0.1) is 11.0 Å². The summed E-state index contributed by atoms with van der Waals surface area (Å²) in [6.07, 6.45) is 0. The lowest BCUT2D eigenvalue weighted by molar-refractivity contribution is -0.385. The minimum Gasteiger partial charge on any atom is -0.488 e. The monoisotopic (exact) mass is 369 g/mol. The van der Waals surface area contributed by atoms with Crippen LogP contribution in [0.15, 0.2) is 34.8 Å². The van der Waals surface area contributed by atoms with Crippen LogP contribution in [0.5, 0.6) is 5.75 Å². The topological polar surface area (TPSA) is 52.4 Å². The van der Waals surface area contributed by atoms with Gasteiger partial charge in [0.1, 0.15) is 12.4 Å². The van der Waals surface area contributed by atoms with E-state index < -0.39 is 4.92 Å². The Morgan fingerprint density at radius 3 is 2.57 bits per heavy atom. The van der Waals surface area contributed by atoms with Crippen molar-refractivity contribution in [2.24, 2.45) is 0 Å². The molecule has 0 heterocycles. The molecule has 0 unspecified atom stereocenters. The summed E-state index contributed by atoms with van der Waals surface area (Å²) in [5.41, 5.74) is 2.35. The number of rotatable bonds is 4. The van der Waals surface area contributed by atoms with Gasteiger partial charge in [0.25, 0.3) is 5.69 Å². The summed E-state index contributed by atoms with van der Waals surface area (Å²) in [5.74, 6) is 0.492. The zero-order chi connectivity index (χ0) is 15.6. The standard InChI is InChI=1S/C15H13BrClNO3/c1-9-5-10(2)15(7-14(9)18(19)20)21-8-11-3-4-12(16)6-13(11)17/h3-7H,8H2,1-2H3. The SMILES string of the molecule is Cc1cc(C)c([N+](=O)[O-])cc1OCc1ccc(Br)cc1Cl. The molecule has 0 aliphatic heterocycles. The number of nitrogens with zero attached hydrogens (tertiary/aromatic N) is 1. The smallest absolute Gasteiger partial charge is 0.276 e. The number of ether oxygens (including phenoxy) is 1. The number of hydrogen-bond donors (Lipinski definition) is 0. The molecular formula is C15H13BrClNO3. The third kappa shape index (κ3) is 3.74. The lowest BCUT2D eigenvalue weighted by atomic mass is 10.1. The minimum atomic E-state index is -0.408. The largest absolute Gasteiger partial charge is 0.488 e. The van der Waals surface area contributed by atoms with E-state index >= 15 is 0 Å². The van der Waals surface area contributed by atoms with E-state index in [-0.39, 0.29) is 12.3 Å². The number of benzene rings is 2. The average Bonchev–Trinajstić information content (AvgIpc) is 2.39. The van der Waals surface area contributed by atoms with Crippen LogP contribution >= 0.6 is 27.5 Å². The van der Waals surface area contributed by atoms with Gasteiger partial charge in [-0.25, -0.2) is 0 Å². The van der Waals surface area contributed by atoms with Crippen LogP contribution in [0, 0.1) is 24.0 Å². The molecule has 2 aromatic carbocycles. The predicted octanol–water partition coefficient (Wildman–Crippen LogP) is 5.21. The van der Waals surface area contributed by atoms with Crippen molar-refractivity contribution in [3.63, 3.8) is 0 Å². The second-order valence-corrected chi connectivity index (χ2v) is 6.01. The highest BCUT2D eigenvalue weighted by molar-refractivity contribution is 9.10. The summed E-state index contributed by atoms with van der Waals surface area (Å²) >= 11 is 9.46. The third-order valence-electron chi connectivity index (χ3n) is 3.09. The number of nitro benzene ring substituents is 1. The van der Waals surface area contributed by atoms with Crippen LogP contribution in [0.4, 0.5) is 5.69 Å². The van der Waals surface area contributed by atoms with Gasteiger partial charge in [0, 0.05) is 20.6 Å². The van der Waals surface area contributed by atoms with Gasteiger partial charge in [-0.1, -0.05) is 33.6 Å². The Kier molecular flexibility index (Phi) is 4.85. The maximum atomic E-state index is 11.0. The van der Waals surface area contributed by atoms with E-state index in [2.05, 4.69) is 15.9 Å². The summed E-state index contributed by atoms with van der Waals surface area (Å²) < 4.78 is 6.57. The first-order chi connectivity index (χ1) is 9.88. The first-order valence-corrected chi connectivity index (χ1v) is 7.38. The number of hydrogen-bond acceptors (Lipinski definition) is 3. The molecular weight excluding hydrogens is 358 g/mol. The van der Waals surface area contributed by atoms with Gasteiger partial charge in [-0.05, 0) is 37.6 Å². The van der Waals surface area contributed by atoms with Crippen molar-refractivity contribution in [2.45, 2.75) is 20.5 Å². The molecule has 0 N–H and O–H groups in total. The van der Waals surface area contributed by atoms with Gasteiger partial charge in [-0.2, -0.15) is 0 Å². The highest BCUT2D eigenvalue weighted by Crippen LogP contribution is 2.29. The normalized spacial score (nSPS) is 10.5. The molecule has 6 heteroatoms. The van der Waals surface area contributed by atoms with Crippen LogP contribution in [0.3, 0.4) is 0 Å². The number of aryl methyl sites for hydroxylation is 2. The Morgan fingerprint density at radius 2 is 1.95 bits per heavy atom. The highest BCUT2D eigenvalue weighted by Gasteiger charge is 2.14. The van der Waals surface area contributed by atoms with Crippen LogP contribution in [0.2, 0.25) is 5.02 Å². The van der Waals surface area contributed by atoms with Crippen molar-refractivity contribution in [1.29, 1.82) is 0 Å². The van der Waals surface area contributed by atoms with Crippen molar-refractivity contribution in [2.75, 3.05) is 0 Å². The lowest BCUT2D eigenvalue weighted by Crippen LogP contribution is -2.00. The van der Waals surface area contributed by atoms with Crippen LogP contribution in [-0.2, 0) is 6.61 Å². The zero-order valence-corrected chi connectivity index (χ0v) is 13.9. The van der Waals surface area contributed by atoms with Crippen molar-refractivity contribution in [1.82, 2.24) is 0 Å². The lowest BCUT2D eigenvalue weighted by Gasteiger charge is -2.11. The fourth-order valence-corrected chi connectivity index (χ4v) is 2.70. The van der Waals surface area contributed by atoms with Crippen molar-refractivity contribution in [3.05, 3.63) is 66.6 Å². The van der Waals surface area contributed by atoms with Gasteiger partial charge >= 0.3 is 0 Å². The molecule has 21 heavy (non-hydrogen) atoms. The number of halogens is 2. The van der Waals surface area contributed by atoms with Gasteiger partial charge in [0.15, 0.2) is 0 Å². The van der Waals surface area contributed by atoms with Crippen LogP contribution in [0.1, 0.15) is 16.7 Å². The molecule has 0 aliphatic rings. The Hall–Kier alpha value is -1.59. The van der Waals surface area contributed by atoms with Crippen molar-refractivity contribution < 1.29 is 9.66 Å². The van der Waals surface area contributed by atoms with Crippen LogP contribution < -0.4 is 4.74 Å². The molecule has 0 saturated carbocycles. The van der Waals surface area contributed by atoms with E-state index in [4.69, 9.17) is 16.3 Å². The van der Waals surface area contributed by atoms with Crippen molar-refractivity contribution >= 4 is 33.2 Å². The quantitative estimate of drug-likeness (QED) is 0.548.